The Bertz CT molecular complexity index is 619. The summed E-state index contributed by atoms with van der Waals surface area (Å²) in [5.74, 6) is -0.836. The summed E-state index contributed by atoms with van der Waals surface area (Å²) in [5.41, 5.74) is 0.537. The first-order valence-corrected chi connectivity index (χ1v) is 5.99. The van der Waals surface area contributed by atoms with Crippen LogP contribution in [-0.4, -0.2) is 26.2 Å². The molecule has 2 rings (SSSR count). The number of carbonyl (C=O) groups excluding carboxylic acids is 1. The number of aliphatic hydroxyl groups is 1. The van der Waals surface area contributed by atoms with Crippen LogP contribution >= 0.6 is 0 Å². The third-order valence-electron chi connectivity index (χ3n) is 2.94. The Morgan fingerprint density at radius 3 is 2.15 bits per heavy atom. The first kappa shape index (κ1) is 13.9. The normalized spacial score (nSPS) is 12.1. The van der Waals surface area contributed by atoms with Crippen LogP contribution in [0.5, 0.6) is 17.2 Å². The van der Waals surface area contributed by atoms with Crippen LogP contribution < -0.4 is 0 Å². The van der Waals surface area contributed by atoms with E-state index in [2.05, 4.69) is 0 Å². The molecule has 0 heterocycles. The minimum absolute atomic E-state index is 0.0422. The van der Waals surface area contributed by atoms with Gasteiger partial charge in [-0.15, -0.1) is 0 Å². The molecule has 20 heavy (non-hydrogen) atoms. The highest BCUT2D eigenvalue weighted by Gasteiger charge is 2.17. The lowest BCUT2D eigenvalue weighted by molar-refractivity contribution is 0.0877. The van der Waals surface area contributed by atoms with Crippen molar-refractivity contribution in [1.82, 2.24) is 0 Å². The predicted octanol–water partition coefficient (Wildman–Crippen LogP) is 2.11. The van der Waals surface area contributed by atoms with Gasteiger partial charge >= 0.3 is 0 Å². The van der Waals surface area contributed by atoms with Crippen molar-refractivity contribution < 1.29 is 25.2 Å². The largest absolute Gasteiger partial charge is 0.508 e. The lowest BCUT2D eigenvalue weighted by Gasteiger charge is -2.11. The number of hydrogen-bond donors (Lipinski definition) is 4. The van der Waals surface area contributed by atoms with Gasteiger partial charge in [-0.1, -0.05) is 12.1 Å². The molecule has 0 aliphatic rings. The molecule has 0 amide bonds. The van der Waals surface area contributed by atoms with Crippen LogP contribution in [-0.2, 0) is 0 Å². The zero-order chi connectivity index (χ0) is 14.7. The van der Waals surface area contributed by atoms with E-state index in [0.717, 1.165) is 6.07 Å². The minimum atomic E-state index is -1.03. The van der Waals surface area contributed by atoms with E-state index in [1.165, 1.54) is 36.4 Å². The van der Waals surface area contributed by atoms with Crippen molar-refractivity contribution in [3.8, 4) is 17.2 Å². The van der Waals surface area contributed by atoms with Crippen LogP contribution in [0.4, 0.5) is 0 Å². The van der Waals surface area contributed by atoms with Crippen molar-refractivity contribution in [2.24, 2.45) is 0 Å². The zero-order valence-electron chi connectivity index (χ0n) is 10.5. The lowest BCUT2D eigenvalue weighted by atomic mass is 9.99. The first-order valence-electron chi connectivity index (χ1n) is 5.99. The molecule has 2 aromatic carbocycles. The molecule has 0 radical (unpaired) electrons. The Hall–Kier alpha value is -2.53. The predicted molar refractivity (Wildman–Crippen MR) is 71.8 cm³/mol. The Morgan fingerprint density at radius 1 is 0.950 bits per heavy atom. The maximum atomic E-state index is 12.0. The summed E-state index contributed by atoms with van der Waals surface area (Å²) in [7, 11) is 0. The van der Waals surface area contributed by atoms with Crippen LogP contribution in [0.15, 0.2) is 42.5 Å². The molecule has 0 unspecified atom stereocenters. The summed E-state index contributed by atoms with van der Waals surface area (Å²) in [4.78, 5) is 12.0. The van der Waals surface area contributed by atoms with E-state index in [0.29, 0.717) is 5.56 Å². The Balaban J connectivity index is 2.13. The first-order chi connectivity index (χ1) is 9.47. The molecular weight excluding hydrogens is 260 g/mol. The molecule has 5 heteroatoms. The van der Waals surface area contributed by atoms with E-state index in [1.807, 2.05) is 0 Å². The van der Waals surface area contributed by atoms with Gasteiger partial charge in [0.1, 0.15) is 17.2 Å². The molecule has 0 fully saturated rings. The molecular formula is C15H14O5. The van der Waals surface area contributed by atoms with E-state index < -0.39 is 11.9 Å². The molecule has 2 aromatic rings. The molecule has 0 aliphatic carbocycles. The number of phenolic OH excluding ortho intramolecular Hbond substituents is 3. The number of phenols is 3. The van der Waals surface area contributed by atoms with Crippen molar-refractivity contribution in [2.45, 2.75) is 12.5 Å². The molecule has 4 N–H and O–H groups in total. The number of aliphatic hydroxyl groups excluding tert-OH is 1. The summed E-state index contributed by atoms with van der Waals surface area (Å²) in [6, 6.07) is 9.53. The highest BCUT2D eigenvalue weighted by Crippen LogP contribution is 2.27. The fourth-order valence-electron chi connectivity index (χ4n) is 1.86. The second kappa shape index (κ2) is 5.63. The number of Topliss-reactive ketones (excluding diaryl/α,β-unsaturated/α-hetero) is 1. The molecule has 104 valence electrons. The van der Waals surface area contributed by atoms with Gasteiger partial charge in [0, 0.05) is 12.5 Å². The second-order valence-corrected chi connectivity index (χ2v) is 4.44. The van der Waals surface area contributed by atoms with Crippen molar-refractivity contribution >= 4 is 5.78 Å². The number of aromatic hydroxyl groups is 3. The molecule has 5 nitrogen and oxygen atoms in total. The van der Waals surface area contributed by atoms with Gasteiger partial charge in [-0.25, -0.2) is 0 Å². The quantitative estimate of drug-likeness (QED) is 0.640. The van der Waals surface area contributed by atoms with Gasteiger partial charge in [-0.3, -0.25) is 4.79 Å². The van der Waals surface area contributed by atoms with Crippen molar-refractivity contribution in [2.75, 3.05) is 0 Å². The summed E-state index contributed by atoms with van der Waals surface area (Å²) in [5, 5.41) is 37.9. The molecule has 0 saturated heterocycles. The summed E-state index contributed by atoms with van der Waals surface area (Å²) < 4.78 is 0. The molecule has 0 aromatic heterocycles. The Labute approximate surface area is 115 Å². The Morgan fingerprint density at radius 2 is 1.55 bits per heavy atom. The number of ketones is 1. The highest BCUT2D eigenvalue weighted by molar-refractivity contribution is 5.99. The molecule has 0 spiro atoms. The summed E-state index contributed by atoms with van der Waals surface area (Å²) in [6.07, 6.45) is -1.24. The van der Waals surface area contributed by atoms with Gasteiger partial charge in [-0.2, -0.15) is 0 Å². The number of benzene rings is 2. The van der Waals surface area contributed by atoms with Gasteiger partial charge in [-0.05, 0) is 29.8 Å². The fourth-order valence-corrected chi connectivity index (χ4v) is 1.86. The highest BCUT2D eigenvalue weighted by atomic mass is 16.3. The summed E-state index contributed by atoms with van der Waals surface area (Å²) in [6.45, 7) is 0. The second-order valence-electron chi connectivity index (χ2n) is 4.44. The van der Waals surface area contributed by atoms with E-state index in [1.54, 1.807) is 0 Å². The number of rotatable bonds is 4. The maximum Gasteiger partial charge on any atom is 0.169 e. The van der Waals surface area contributed by atoms with Gasteiger partial charge in [0.15, 0.2) is 5.78 Å². The van der Waals surface area contributed by atoms with Gasteiger partial charge in [0.05, 0.1) is 11.7 Å². The van der Waals surface area contributed by atoms with E-state index in [-0.39, 0.29) is 29.2 Å². The topological polar surface area (TPSA) is 98.0 Å². The lowest BCUT2D eigenvalue weighted by Crippen LogP contribution is -2.07. The van der Waals surface area contributed by atoms with Gasteiger partial charge in [0.2, 0.25) is 0 Å². The third-order valence-corrected chi connectivity index (χ3v) is 2.94. The van der Waals surface area contributed by atoms with Crippen molar-refractivity contribution in [3.05, 3.63) is 53.6 Å². The van der Waals surface area contributed by atoms with Crippen LogP contribution in [0.3, 0.4) is 0 Å². The van der Waals surface area contributed by atoms with Crippen LogP contribution in [0.1, 0.15) is 28.4 Å². The van der Waals surface area contributed by atoms with E-state index >= 15 is 0 Å². The molecule has 0 saturated carbocycles. The number of carbonyl (C=O) groups is 1. The van der Waals surface area contributed by atoms with Crippen LogP contribution in [0.25, 0.3) is 0 Å². The van der Waals surface area contributed by atoms with Crippen LogP contribution in [0, 0.1) is 0 Å². The number of hydrogen-bond acceptors (Lipinski definition) is 5. The maximum absolute atomic E-state index is 12.0. The molecule has 1 atom stereocenters. The smallest absolute Gasteiger partial charge is 0.169 e. The van der Waals surface area contributed by atoms with Crippen molar-refractivity contribution in [1.29, 1.82) is 0 Å². The Kier molecular flexibility index (Phi) is 3.91. The van der Waals surface area contributed by atoms with Crippen molar-refractivity contribution in [3.63, 3.8) is 0 Å². The standard InChI is InChI=1S/C15H14O5/c16-10-3-1-9(2-4-10)13(18)8-15(20)12-6-5-11(17)7-14(12)19/h1-7,13,16-19H,8H2/t13-/m1/s1. The average Bonchev–Trinajstić information content (AvgIpc) is 2.39. The monoisotopic (exact) mass is 274 g/mol. The van der Waals surface area contributed by atoms with E-state index in [9.17, 15) is 15.0 Å². The van der Waals surface area contributed by atoms with E-state index in [4.69, 9.17) is 10.2 Å². The summed E-state index contributed by atoms with van der Waals surface area (Å²) >= 11 is 0. The SMILES string of the molecule is O=C(C[C@@H](O)c1ccc(O)cc1)c1ccc(O)cc1O. The van der Waals surface area contributed by atoms with Gasteiger partial charge in [0.25, 0.3) is 0 Å². The molecule has 0 aliphatic heterocycles. The van der Waals surface area contributed by atoms with Gasteiger partial charge < -0.3 is 20.4 Å². The van der Waals surface area contributed by atoms with Crippen LogP contribution in [0.2, 0.25) is 0 Å². The average molecular weight is 274 g/mol. The molecule has 0 bridgehead atoms. The zero-order valence-corrected chi connectivity index (χ0v) is 10.5. The minimum Gasteiger partial charge on any atom is -0.508 e. The fraction of sp³-hybridized carbons (Fsp3) is 0.133. The third kappa shape index (κ3) is 3.07.